The molecule has 26 heavy (non-hydrogen) atoms. The van der Waals surface area contributed by atoms with E-state index in [1.54, 1.807) is 6.26 Å². The first-order valence-corrected chi connectivity index (χ1v) is 8.57. The van der Waals surface area contributed by atoms with Gasteiger partial charge in [0.05, 0.1) is 23.8 Å². The lowest BCUT2D eigenvalue weighted by Crippen LogP contribution is -2.50. The molecule has 0 saturated heterocycles. The molecule has 1 aliphatic heterocycles. The van der Waals surface area contributed by atoms with Crippen LogP contribution in [0, 0.1) is 13.8 Å². The van der Waals surface area contributed by atoms with Gasteiger partial charge >= 0.3 is 0 Å². The third kappa shape index (κ3) is 2.26. The number of aryl methyl sites for hydroxylation is 2. The van der Waals surface area contributed by atoms with E-state index < -0.39 is 0 Å². The van der Waals surface area contributed by atoms with Crippen LogP contribution >= 0.6 is 0 Å². The average molecular weight is 349 g/mol. The second kappa shape index (κ2) is 5.62. The zero-order valence-electron chi connectivity index (χ0n) is 14.7. The molecule has 0 saturated carbocycles. The van der Waals surface area contributed by atoms with E-state index in [0.717, 1.165) is 34.4 Å². The molecule has 0 aliphatic carbocycles. The van der Waals surface area contributed by atoms with Crippen LogP contribution < -0.4 is 9.91 Å². The summed E-state index contributed by atoms with van der Waals surface area (Å²) in [6.07, 6.45) is 1.70. The molecule has 4 heterocycles. The summed E-state index contributed by atoms with van der Waals surface area (Å²) in [5.74, 6) is 3.59. The van der Waals surface area contributed by atoms with Crippen molar-refractivity contribution in [2.45, 2.75) is 27.1 Å². The fraction of sp³-hybridized carbons (Fsp3) is 0.278. The lowest BCUT2D eigenvalue weighted by Gasteiger charge is -2.38. The van der Waals surface area contributed by atoms with Gasteiger partial charge in [-0.3, -0.25) is 9.58 Å². The van der Waals surface area contributed by atoms with E-state index in [4.69, 9.17) is 9.40 Å². The normalized spacial score (nSPS) is 14.2. The van der Waals surface area contributed by atoms with Gasteiger partial charge in [-0.15, -0.1) is 10.2 Å². The molecule has 1 aliphatic rings. The maximum Gasteiger partial charge on any atom is 0.210 e. The minimum Gasteiger partial charge on any atom is -0.467 e. The molecule has 1 aromatic carbocycles. The molecule has 0 amide bonds. The SMILES string of the molecule is Cc1nnc(C)n1N1CN(Cc2ccco2)c2nc3ccccc3n2C1. The number of imidazole rings is 1. The topological polar surface area (TPSA) is 68.2 Å². The molecule has 0 unspecified atom stereocenters. The van der Waals surface area contributed by atoms with Crippen molar-refractivity contribution in [2.75, 3.05) is 16.6 Å². The van der Waals surface area contributed by atoms with Crippen molar-refractivity contribution >= 4 is 17.0 Å². The summed E-state index contributed by atoms with van der Waals surface area (Å²) in [6.45, 7) is 5.94. The number of hydrogen-bond acceptors (Lipinski definition) is 6. The number of fused-ring (bicyclic) bond motifs is 3. The highest BCUT2D eigenvalue weighted by Gasteiger charge is 2.28. The molecule has 4 aromatic rings. The minimum absolute atomic E-state index is 0.646. The smallest absolute Gasteiger partial charge is 0.210 e. The van der Waals surface area contributed by atoms with Crippen LogP contribution in [-0.4, -0.2) is 31.1 Å². The van der Waals surface area contributed by atoms with Crippen LogP contribution in [0.1, 0.15) is 17.4 Å². The van der Waals surface area contributed by atoms with E-state index in [1.165, 1.54) is 0 Å². The van der Waals surface area contributed by atoms with Gasteiger partial charge in [0.2, 0.25) is 5.95 Å². The van der Waals surface area contributed by atoms with E-state index in [0.29, 0.717) is 19.9 Å². The van der Waals surface area contributed by atoms with Gasteiger partial charge in [0, 0.05) is 0 Å². The Morgan fingerprint density at radius 3 is 2.58 bits per heavy atom. The summed E-state index contributed by atoms with van der Waals surface area (Å²) in [4.78, 5) is 7.07. The number of furan rings is 1. The van der Waals surface area contributed by atoms with Crippen molar-refractivity contribution in [2.24, 2.45) is 0 Å². The predicted octanol–water partition coefficient (Wildman–Crippen LogP) is 2.41. The van der Waals surface area contributed by atoms with E-state index in [-0.39, 0.29) is 0 Å². The number of benzene rings is 1. The van der Waals surface area contributed by atoms with E-state index in [9.17, 15) is 0 Å². The molecule has 0 radical (unpaired) electrons. The summed E-state index contributed by atoms with van der Waals surface area (Å²) < 4.78 is 9.86. The molecule has 0 atom stereocenters. The average Bonchev–Trinajstić information content (AvgIpc) is 3.35. The van der Waals surface area contributed by atoms with Gasteiger partial charge in [0.25, 0.3) is 0 Å². The quantitative estimate of drug-likeness (QED) is 0.566. The number of para-hydroxylation sites is 2. The van der Waals surface area contributed by atoms with E-state index >= 15 is 0 Å². The van der Waals surface area contributed by atoms with Crippen molar-refractivity contribution < 1.29 is 4.42 Å². The molecule has 3 aromatic heterocycles. The van der Waals surface area contributed by atoms with Gasteiger partial charge < -0.3 is 9.32 Å². The molecule has 0 N–H and O–H groups in total. The summed E-state index contributed by atoms with van der Waals surface area (Å²) in [5, 5.41) is 10.6. The molecule has 5 rings (SSSR count). The molecule has 132 valence electrons. The monoisotopic (exact) mass is 349 g/mol. The number of aromatic nitrogens is 5. The summed E-state index contributed by atoms with van der Waals surface area (Å²) in [6, 6.07) is 12.1. The van der Waals surface area contributed by atoms with Crippen LogP contribution in [0.3, 0.4) is 0 Å². The van der Waals surface area contributed by atoms with Crippen molar-refractivity contribution in [3.05, 3.63) is 60.1 Å². The first-order valence-electron chi connectivity index (χ1n) is 8.57. The van der Waals surface area contributed by atoms with Crippen LogP contribution in [0.25, 0.3) is 11.0 Å². The zero-order valence-corrected chi connectivity index (χ0v) is 14.7. The van der Waals surface area contributed by atoms with Crippen LogP contribution in [0.4, 0.5) is 5.95 Å². The standard InChI is InChI=1S/C18H19N7O/c1-13-20-21-14(2)25(13)23-11-22(10-15-6-5-9-26-15)18-19-16-7-3-4-8-17(16)24(18)12-23/h3-9H,10-12H2,1-2H3. The maximum atomic E-state index is 5.57. The van der Waals surface area contributed by atoms with Crippen molar-refractivity contribution in [3.63, 3.8) is 0 Å². The van der Waals surface area contributed by atoms with Crippen molar-refractivity contribution in [1.29, 1.82) is 0 Å². The number of hydrogen-bond donors (Lipinski definition) is 0. The van der Waals surface area contributed by atoms with Gasteiger partial charge in [-0.2, -0.15) is 0 Å². The molecule has 0 bridgehead atoms. The highest BCUT2D eigenvalue weighted by molar-refractivity contribution is 5.79. The number of rotatable bonds is 3. The highest BCUT2D eigenvalue weighted by atomic mass is 16.3. The maximum absolute atomic E-state index is 5.57. The largest absolute Gasteiger partial charge is 0.467 e. The zero-order chi connectivity index (χ0) is 17.7. The fourth-order valence-corrected chi connectivity index (χ4v) is 3.62. The fourth-order valence-electron chi connectivity index (χ4n) is 3.62. The first kappa shape index (κ1) is 15.0. The Morgan fingerprint density at radius 2 is 1.81 bits per heavy atom. The van der Waals surface area contributed by atoms with Crippen LogP contribution in [-0.2, 0) is 13.2 Å². The summed E-state index contributed by atoms with van der Waals surface area (Å²) in [5.41, 5.74) is 2.10. The van der Waals surface area contributed by atoms with Crippen LogP contribution in [0.2, 0.25) is 0 Å². The molecule has 8 nitrogen and oxygen atoms in total. The Hall–Kier alpha value is -3.29. The van der Waals surface area contributed by atoms with Gasteiger partial charge in [-0.25, -0.2) is 9.66 Å². The Labute approximate surface area is 150 Å². The Balaban J connectivity index is 1.62. The van der Waals surface area contributed by atoms with Gasteiger partial charge in [-0.1, -0.05) is 12.1 Å². The Bertz CT molecular complexity index is 1040. The van der Waals surface area contributed by atoms with Gasteiger partial charge in [-0.05, 0) is 38.1 Å². The minimum atomic E-state index is 0.646. The van der Waals surface area contributed by atoms with E-state index in [2.05, 4.69) is 35.4 Å². The molecule has 0 fully saturated rings. The van der Waals surface area contributed by atoms with Crippen LogP contribution in [0.15, 0.2) is 47.1 Å². The van der Waals surface area contributed by atoms with E-state index in [1.807, 2.05) is 44.2 Å². The number of anilines is 1. The van der Waals surface area contributed by atoms with Crippen molar-refractivity contribution in [1.82, 2.24) is 24.4 Å². The lowest BCUT2D eigenvalue weighted by atomic mass is 10.3. The molecule has 8 heteroatoms. The molecule has 0 spiro atoms. The molecular weight excluding hydrogens is 330 g/mol. The van der Waals surface area contributed by atoms with Gasteiger partial charge in [0.15, 0.2) is 0 Å². The second-order valence-corrected chi connectivity index (χ2v) is 6.50. The second-order valence-electron chi connectivity index (χ2n) is 6.50. The highest BCUT2D eigenvalue weighted by Crippen LogP contribution is 2.28. The summed E-state index contributed by atoms with van der Waals surface area (Å²) >= 11 is 0. The third-order valence-electron chi connectivity index (χ3n) is 4.72. The van der Waals surface area contributed by atoms with Gasteiger partial charge in [0.1, 0.15) is 30.7 Å². The first-order chi connectivity index (χ1) is 12.7. The lowest BCUT2D eigenvalue weighted by molar-refractivity contribution is 0.426. The Morgan fingerprint density at radius 1 is 1.00 bits per heavy atom. The predicted molar refractivity (Wildman–Crippen MR) is 97.2 cm³/mol. The van der Waals surface area contributed by atoms with Crippen LogP contribution in [0.5, 0.6) is 0 Å². The molecular formula is C18H19N7O. The van der Waals surface area contributed by atoms with Crippen molar-refractivity contribution in [3.8, 4) is 0 Å². The summed E-state index contributed by atoms with van der Waals surface area (Å²) in [7, 11) is 0. The number of nitrogens with zero attached hydrogens (tertiary/aromatic N) is 7. The Kier molecular flexibility index (Phi) is 3.24. The third-order valence-corrected chi connectivity index (χ3v) is 4.72.